The first kappa shape index (κ1) is 26.2. The van der Waals surface area contributed by atoms with Gasteiger partial charge in [-0.2, -0.15) is 4.31 Å². The number of rotatable bonds is 11. The second kappa shape index (κ2) is 11.8. The number of hydrogen-bond acceptors (Lipinski definition) is 4. The third kappa shape index (κ3) is 7.03. The van der Waals surface area contributed by atoms with Gasteiger partial charge in [-0.25, -0.2) is 8.42 Å². The molecule has 3 aromatic rings. The summed E-state index contributed by atoms with van der Waals surface area (Å²) in [6.45, 7) is 3.94. The second-order valence-electron chi connectivity index (χ2n) is 8.39. The molecular formula is C26H32N4O4S. The zero-order chi connectivity index (χ0) is 25.4. The van der Waals surface area contributed by atoms with E-state index >= 15 is 0 Å². The number of nitrogens with one attached hydrogen (secondary N) is 1. The molecule has 9 heteroatoms. The standard InChI is InChI=1S/C26H32N4O4S/c1-4-16-30(35(33,34)25-14-12-23(13-15-25)27-21(2)31)20-26(32)29(18-22-9-6-5-7-10-22)19-24-11-8-17-28(24)3/h5-15,17H,4,16,18-20H2,1-3H3,(H,27,31). The van der Waals surface area contributed by atoms with Crippen LogP contribution in [0.5, 0.6) is 0 Å². The van der Waals surface area contributed by atoms with Gasteiger partial charge >= 0.3 is 0 Å². The minimum absolute atomic E-state index is 0.0740. The van der Waals surface area contributed by atoms with Crippen molar-refractivity contribution in [1.29, 1.82) is 0 Å². The van der Waals surface area contributed by atoms with Crippen molar-refractivity contribution in [2.45, 2.75) is 38.3 Å². The highest BCUT2D eigenvalue weighted by Crippen LogP contribution is 2.20. The molecule has 0 aliphatic heterocycles. The highest BCUT2D eigenvalue weighted by atomic mass is 32.2. The predicted molar refractivity (Wildman–Crippen MR) is 136 cm³/mol. The molecule has 0 aliphatic rings. The Morgan fingerprint density at radius 1 is 0.943 bits per heavy atom. The Labute approximate surface area is 207 Å². The van der Waals surface area contributed by atoms with Crippen molar-refractivity contribution in [2.75, 3.05) is 18.4 Å². The monoisotopic (exact) mass is 496 g/mol. The van der Waals surface area contributed by atoms with Crippen molar-refractivity contribution in [3.05, 3.63) is 84.2 Å². The molecule has 0 radical (unpaired) electrons. The van der Waals surface area contributed by atoms with Gasteiger partial charge < -0.3 is 14.8 Å². The Hall–Kier alpha value is -3.43. The third-order valence-electron chi connectivity index (χ3n) is 5.57. The fourth-order valence-corrected chi connectivity index (χ4v) is 5.22. The van der Waals surface area contributed by atoms with Gasteiger partial charge in [-0.05, 0) is 48.4 Å². The maximum atomic E-state index is 13.5. The lowest BCUT2D eigenvalue weighted by Crippen LogP contribution is -2.43. The summed E-state index contributed by atoms with van der Waals surface area (Å²) in [4.78, 5) is 26.5. The SMILES string of the molecule is CCCN(CC(=O)N(Cc1ccccc1)Cc1cccn1C)S(=O)(=O)c1ccc(NC(C)=O)cc1. The van der Waals surface area contributed by atoms with E-state index in [1.54, 1.807) is 4.90 Å². The number of carbonyl (C=O) groups is 2. The number of sulfonamides is 1. The minimum atomic E-state index is -3.91. The summed E-state index contributed by atoms with van der Waals surface area (Å²) >= 11 is 0. The molecule has 2 aromatic carbocycles. The van der Waals surface area contributed by atoms with E-state index in [4.69, 9.17) is 0 Å². The van der Waals surface area contributed by atoms with Crippen LogP contribution in [0, 0.1) is 0 Å². The Balaban J connectivity index is 1.84. The topological polar surface area (TPSA) is 91.7 Å². The largest absolute Gasteiger partial charge is 0.353 e. The molecule has 0 unspecified atom stereocenters. The summed E-state index contributed by atoms with van der Waals surface area (Å²) in [5.41, 5.74) is 2.42. The van der Waals surface area contributed by atoms with E-state index in [0.29, 0.717) is 25.2 Å². The molecule has 0 bridgehead atoms. The molecule has 8 nitrogen and oxygen atoms in total. The van der Waals surface area contributed by atoms with Crippen LogP contribution >= 0.6 is 0 Å². The average molecular weight is 497 g/mol. The van der Waals surface area contributed by atoms with Crippen LogP contribution in [0.25, 0.3) is 0 Å². The summed E-state index contributed by atoms with van der Waals surface area (Å²) in [6.07, 6.45) is 2.48. The smallest absolute Gasteiger partial charge is 0.243 e. The number of benzene rings is 2. The van der Waals surface area contributed by atoms with Crippen molar-refractivity contribution < 1.29 is 18.0 Å². The van der Waals surface area contributed by atoms with E-state index in [0.717, 1.165) is 11.3 Å². The zero-order valence-corrected chi connectivity index (χ0v) is 21.2. The van der Waals surface area contributed by atoms with E-state index in [1.807, 2.05) is 67.2 Å². The number of nitrogens with zero attached hydrogens (tertiary/aromatic N) is 3. The third-order valence-corrected chi connectivity index (χ3v) is 7.43. The summed E-state index contributed by atoms with van der Waals surface area (Å²) in [6, 6.07) is 19.5. The van der Waals surface area contributed by atoms with Crippen LogP contribution in [0.2, 0.25) is 0 Å². The summed E-state index contributed by atoms with van der Waals surface area (Å²) in [5, 5.41) is 2.62. The van der Waals surface area contributed by atoms with Gasteiger partial charge in [0.25, 0.3) is 0 Å². The van der Waals surface area contributed by atoms with Crippen LogP contribution in [0.1, 0.15) is 31.5 Å². The maximum Gasteiger partial charge on any atom is 0.243 e. The molecule has 0 aliphatic carbocycles. The van der Waals surface area contributed by atoms with Gasteiger partial charge in [-0.1, -0.05) is 37.3 Å². The second-order valence-corrected chi connectivity index (χ2v) is 10.3. The van der Waals surface area contributed by atoms with Crippen molar-refractivity contribution >= 4 is 27.5 Å². The molecule has 2 amide bonds. The Bertz CT molecular complexity index is 1240. The van der Waals surface area contributed by atoms with E-state index in [9.17, 15) is 18.0 Å². The van der Waals surface area contributed by atoms with E-state index in [1.165, 1.54) is 35.5 Å². The van der Waals surface area contributed by atoms with Gasteiger partial charge in [-0.3, -0.25) is 9.59 Å². The summed E-state index contributed by atoms with van der Waals surface area (Å²) < 4.78 is 30.0. The summed E-state index contributed by atoms with van der Waals surface area (Å²) in [7, 11) is -2.00. The van der Waals surface area contributed by atoms with Crippen LogP contribution in [0.4, 0.5) is 5.69 Å². The molecule has 3 rings (SSSR count). The number of amides is 2. The molecule has 0 saturated heterocycles. The number of aromatic nitrogens is 1. The molecule has 0 spiro atoms. The highest BCUT2D eigenvalue weighted by molar-refractivity contribution is 7.89. The van der Waals surface area contributed by atoms with Crippen molar-refractivity contribution in [3.63, 3.8) is 0 Å². The predicted octanol–water partition coefficient (Wildman–Crippen LogP) is 3.61. The first-order chi connectivity index (χ1) is 16.7. The summed E-state index contributed by atoms with van der Waals surface area (Å²) in [5.74, 6) is -0.516. The fourth-order valence-electron chi connectivity index (χ4n) is 3.74. The number of hydrogen-bond donors (Lipinski definition) is 1. The van der Waals surface area contributed by atoms with Crippen molar-refractivity contribution in [3.8, 4) is 0 Å². The lowest BCUT2D eigenvalue weighted by molar-refractivity contribution is -0.132. The van der Waals surface area contributed by atoms with Gasteiger partial charge in [0.05, 0.1) is 18.0 Å². The fraction of sp³-hybridized carbons (Fsp3) is 0.308. The van der Waals surface area contributed by atoms with Crippen LogP contribution in [0.15, 0.2) is 77.8 Å². The van der Waals surface area contributed by atoms with Gasteiger partial charge in [0.1, 0.15) is 0 Å². The van der Waals surface area contributed by atoms with E-state index in [-0.39, 0.29) is 29.8 Å². The molecule has 1 aromatic heterocycles. The normalized spacial score (nSPS) is 11.4. The first-order valence-corrected chi connectivity index (χ1v) is 12.9. The first-order valence-electron chi connectivity index (χ1n) is 11.5. The van der Waals surface area contributed by atoms with E-state index in [2.05, 4.69) is 5.32 Å². The van der Waals surface area contributed by atoms with Crippen LogP contribution in [-0.2, 0) is 39.7 Å². The Kier molecular flexibility index (Phi) is 8.84. The molecule has 1 N–H and O–H groups in total. The van der Waals surface area contributed by atoms with Gasteiger partial charge in [0, 0.05) is 44.6 Å². The number of anilines is 1. The molecular weight excluding hydrogens is 464 g/mol. The average Bonchev–Trinajstić information content (AvgIpc) is 3.23. The molecule has 186 valence electrons. The Morgan fingerprint density at radius 3 is 2.20 bits per heavy atom. The molecule has 1 heterocycles. The lowest BCUT2D eigenvalue weighted by atomic mass is 10.2. The number of carbonyl (C=O) groups excluding carboxylic acids is 2. The van der Waals surface area contributed by atoms with Crippen LogP contribution < -0.4 is 5.32 Å². The maximum absolute atomic E-state index is 13.5. The Morgan fingerprint density at radius 2 is 1.63 bits per heavy atom. The zero-order valence-electron chi connectivity index (χ0n) is 20.3. The molecule has 0 fully saturated rings. The lowest BCUT2D eigenvalue weighted by Gasteiger charge is -2.27. The van der Waals surface area contributed by atoms with Gasteiger partial charge in [-0.15, -0.1) is 0 Å². The number of aryl methyl sites for hydroxylation is 1. The van der Waals surface area contributed by atoms with E-state index < -0.39 is 10.0 Å². The molecule has 0 saturated carbocycles. The minimum Gasteiger partial charge on any atom is -0.353 e. The molecule has 35 heavy (non-hydrogen) atoms. The van der Waals surface area contributed by atoms with Gasteiger partial charge in [0.2, 0.25) is 21.8 Å². The highest BCUT2D eigenvalue weighted by Gasteiger charge is 2.28. The van der Waals surface area contributed by atoms with Crippen molar-refractivity contribution in [2.24, 2.45) is 7.05 Å². The van der Waals surface area contributed by atoms with Crippen LogP contribution in [-0.4, -0.2) is 47.1 Å². The van der Waals surface area contributed by atoms with Crippen molar-refractivity contribution in [1.82, 2.24) is 13.8 Å². The quantitative estimate of drug-likeness (QED) is 0.439. The van der Waals surface area contributed by atoms with Gasteiger partial charge in [0.15, 0.2) is 0 Å². The van der Waals surface area contributed by atoms with Crippen LogP contribution in [0.3, 0.4) is 0 Å². The molecule has 0 atom stereocenters.